The van der Waals surface area contributed by atoms with E-state index < -0.39 is 0 Å². The van der Waals surface area contributed by atoms with Gasteiger partial charge in [-0.2, -0.15) is 10.5 Å². The van der Waals surface area contributed by atoms with E-state index in [1.54, 1.807) is 24.3 Å². The van der Waals surface area contributed by atoms with Gasteiger partial charge in [-0.15, -0.1) is 0 Å². The zero-order valence-electron chi connectivity index (χ0n) is 11.6. The van der Waals surface area contributed by atoms with Gasteiger partial charge in [0.25, 0.3) is 0 Å². The molecular weight excluding hydrogens is 276 g/mol. The molecule has 0 aromatic heterocycles. The van der Waals surface area contributed by atoms with Gasteiger partial charge in [0, 0.05) is 6.07 Å². The molecule has 0 saturated carbocycles. The second-order valence-corrected chi connectivity index (χ2v) is 4.61. The summed E-state index contributed by atoms with van der Waals surface area (Å²) >= 11 is 6.14. The summed E-state index contributed by atoms with van der Waals surface area (Å²) in [4.78, 5) is 0. The third kappa shape index (κ3) is 4.19. The minimum absolute atomic E-state index is 0.0135. The Kier molecular flexibility index (Phi) is 5.90. The molecule has 0 N–H and O–H groups in total. The third-order valence-corrected chi connectivity index (χ3v) is 2.59. The molecule has 0 aliphatic rings. The SMILES string of the molecule is CCOc1cc(C=C(C#N)C#N)c(Cl)cc1OC(C)C. The standard InChI is InChI=1S/C15H15ClN2O2/c1-4-19-14-6-12(5-11(8-17)9-18)13(16)7-15(14)20-10(2)3/h5-7,10H,4H2,1-3H3. The van der Waals surface area contributed by atoms with Gasteiger partial charge in [-0.1, -0.05) is 11.6 Å². The van der Waals surface area contributed by atoms with Gasteiger partial charge in [0.2, 0.25) is 0 Å². The van der Waals surface area contributed by atoms with Crippen molar-refractivity contribution < 1.29 is 9.47 Å². The summed E-state index contributed by atoms with van der Waals surface area (Å²) in [6.45, 7) is 6.14. The van der Waals surface area contributed by atoms with Gasteiger partial charge in [0.15, 0.2) is 11.5 Å². The Hall–Kier alpha value is -2.17. The largest absolute Gasteiger partial charge is 0.490 e. The van der Waals surface area contributed by atoms with E-state index in [9.17, 15) is 0 Å². The number of nitrogens with zero attached hydrogens (tertiary/aromatic N) is 2. The summed E-state index contributed by atoms with van der Waals surface area (Å²) in [7, 11) is 0. The molecular formula is C15H15ClN2O2. The van der Waals surface area contributed by atoms with Crippen LogP contribution in [0.3, 0.4) is 0 Å². The molecule has 0 aliphatic carbocycles. The maximum absolute atomic E-state index is 8.78. The van der Waals surface area contributed by atoms with Crippen LogP contribution < -0.4 is 9.47 Å². The number of nitriles is 2. The van der Waals surface area contributed by atoms with Crippen molar-refractivity contribution >= 4 is 17.7 Å². The summed E-state index contributed by atoms with van der Waals surface area (Å²) in [5.41, 5.74) is 0.524. The Morgan fingerprint density at radius 3 is 2.45 bits per heavy atom. The van der Waals surface area contributed by atoms with E-state index in [1.165, 1.54) is 6.08 Å². The molecule has 0 amide bonds. The zero-order valence-corrected chi connectivity index (χ0v) is 12.4. The van der Waals surface area contributed by atoms with Crippen LogP contribution in [0, 0.1) is 22.7 Å². The molecule has 0 radical (unpaired) electrons. The van der Waals surface area contributed by atoms with E-state index in [0.717, 1.165) is 0 Å². The van der Waals surface area contributed by atoms with Crippen molar-refractivity contribution in [1.29, 1.82) is 10.5 Å². The van der Waals surface area contributed by atoms with Crippen LogP contribution in [0.2, 0.25) is 5.02 Å². The highest BCUT2D eigenvalue weighted by Crippen LogP contribution is 2.35. The summed E-state index contributed by atoms with van der Waals surface area (Å²) in [5.74, 6) is 1.08. The number of hydrogen-bond acceptors (Lipinski definition) is 4. The molecule has 1 rings (SSSR count). The second kappa shape index (κ2) is 7.43. The molecule has 1 aromatic carbocycles. The summed E-state index contributed by atoms with van der Waals surface area (Å²) < 4.78 is 11.1. The molecule has 1 aromatic rings. The van der Waals surface area contributed by atoms with E-state index in [-0.39, 0.29) is 11.7 Å². The van der Waals surface area contributed by atoms with Gasteiger partial charge in [0.1, 0.15) is 17.7 Å². The molecule has 104 valence electrons. The Balaban J connectivity index is 3.30. The molecule has 20 heavy (non-hydrogen) atoms. The average Bonchev–Trinajstić information content (AvgIpc) is 2.40. The first-order chi connectivity index (χ1) is 9.51. The zero-order chi connectivity index (χ0) is 15.1. The van der Waals surface area contributed by atoms with Gasteiger partial charge in [0.05, 0.1) is 17.7 Å². The highest BCUT2D eigenvalue weighted by molar-refractivity contribution is 6.32. The van der Waals surface area contributed by atoms with Crippen molar-refractivity contribution in [3.63, 3.8) is 0 Å². The Bertz CT molecular complexity index is 579. The van der Waals surface area contributed by atoms with Crippen molar-refractivity contribution in [3.8, 4) is 23.6 Å². The number of rotatable bonds is 5. The van der Waals surface area contributed by atoms with E-state index in [2.05, 4.69) is 0 Å². The van der Waals surface area contributed by atoms with Crippen molar-refractivity contribution in [2.45, 2.75) is 26.9 Å². The summed E-state index contributed by atoms with van der Waals surface area (Å²) in [6.07, 6.45) is 1.41. The monoisotopic (exact) mass is 290 g/mol. The van der Waals surface area contributed by atoms with Crippen LogP contribution >= 0.6 is 11.6 Å². The van der Waals surface area contributed by atoms with Gasteiger partial charge < -0.3 is 9.47 Å². The smallest absolute Gasteiger partial charge is 0.163 e. The lowest BCUT2D eigenvalue weighted by Gasteiger charge is -2.15. The Morgan fingerprint density at radius 1 is 1.30 bits per heavy atom. The minimum Gasteiger partial charge on any atom is -0.490 e. The van der Waals surface area contributed by atoms with Crippen molar-refractivity contribution in [2.24, 2.45) is 0 Å². The van der Waals surface area contributed by atoms with Crippen molar-refractivity contribution in [2.75, 3.05) is 6.61 Å². The lowest BCUT2D eigenvalue weighted by Crippen LogP contribution is -2.07. The number of hydrogen-bond donors (Lipinski definition) is 0. The lowest BCUT2D eigenvalue weighted by molar-refractivity contribution is 0.224. The first kappa shape index (κ1) is 15.9. The molecule has 0 bridgehead atoms. The molecule has 0 unspecified atom stereocenters. The second-order valence-electron chi connectivity index (χ2n) is 4.20. The number of halogens is 1. The maximum Gasteiger partial charge on any atom is 0.163 e. The van der Waals surface area contributed by atoms with E-state index in [4.69, 9.17) is 31.6 Å². The van der Waals surface area contributed by atoms with Crippen LogP contribution in [0.15, 0.2) is 17.7 Å². The first-order valence-electron chi connectivity index (χ1n) is 6.16. The van der Waals surface area contributed by atoms with Crippen LogP contribution in [0.1, 0.15) is 26.3 Å². The van der Waals surface area contributed by atoms with E-state index in [1.807, 2.05) is 20.8 Å². The van der Waals surface area contributed by atoms with E-state index >= 15 is 0 Å². The summed E-state index contributed by atoms with van der Waals surface area (Å²) in [6, 6.07) is 6.88. The Labute approximate surface area is 123 Å². The highest BCUT2D eigenvalue weighted by atomic mass is 35.5. The van der Waals surface area contributed by atoms with Crippen LogP contribution in [0.5, 0.6) is 11.5 Å². The molecule has 0 saturated heterocycles. The van der Waals surface area contributed by atoms with Crippen LogP contribution in [-0.2, 0) is 0 Å². The fourth-order valence-corrected chi connectivity index (χ4v) is 1.73. The third-order valence-electron chi connectivity index (χ3n) is 2.27. The van der Waals surface area contributed by atoms with Gasteiger partial charge >= 0.3 is 0 Å². The van der Waals surface area contributed by atoms with Crippen molar-refractivity contribution in [3.05, 3.63) is 28.3 Å². The fourth-order valence-electron chi connectivity index (χ4n) is 1.52. The Morgan fingerprint density at radius 2 is 1.95 bits per heavy atom. The first-order valence-corrected chi connectivity index (χ1v) is 6.54. The predicted octanol–water partition coefficient (Wildman–Crippen LogP) is 3.96. The van der Waals surface area contributed by atoms with Crippen LogP contribution in [0.25, 0.3) is 6.08 Å². The molecule has 0 fully saturated rings. The van der Waals surface area contributed by atoms with Gasteiger partial charge in [-0.05, 0) is 38.5 Å². The molecule has 0 atom stereocenters. The minimum atomic E-state index is -0.0214. The molecule has 0 heterocycles. The number of allylic oxidation sites excluding steroid dienone is 1. The van der Waals surface area contributed by atoms with Gasteiger partial charge in [-0.25, -0.2) is 0 Å². The van der Waals surface area contributed by atoms with Gasteiger partial charge in [-0.3, -0.25) is 0 Å². The van der Waals surface area contributed by atoms with E-state index in [0.29, 0.717) is 28.7 Å². The lowest BCUT2D eigenvalue weighted by atomic mass is 10.1. The maximum atomic E-state index is 8.78. The molecule has 5 heteroatoms. The quantitative estimate of drug-likeness (QED) is 0.770. The average molecular weight is 291 g/mol. The molecule has 0 spiro atoms. The van der Waals surface area contributed by atoms with Crippen molar-refractivity contribution in [1.82, 2.24) is 0 Å². The molecule has 0 aliphatic heterocycles. The number of benzene rings is 1. The topological polar surface area (TPSA) is 66.0 Å². The normalized spacial score (nSPS) is 9.55. The van der Waals surface area contributed by atoms with Crippen LogP contribution in [-0.4, -0.2) is 12.7 Å². The fraction of sp³-hybridized carbons (Fsp3) is 0.333. The molecule has 4 nitrogen and oxygen atoms in total. The number of ether oxygens (including phenoxy) is 2. The predicted molar refractivity (Wildman–Crippen MR) is 77.6 cm³/mol. The highest BCUT2D eigenvalue weighted by Gasteiger charge is 2.12. The van der Waals surface area contributed by atoms with Crippen LogP contribution in [0.4, 0.5) is 0 Å². The summed E-state index contributed by atoms with van der Waals surface area (Å²) in [5, 5.41) is 18.0.